The van der Waals surface area contributed by atoms with E-state index in [0.29, 0.717) is 5.82 Å². The normalized spacial score (nSPS) is 12.1. The molecule has 0 aliphatic heterocycles. The van der Waals surface area contributed by atoms with Crippen LogP contribution < -0.4 is 0 Å². The van der Waals surface area contributed by atoms with Crippen LogP contribution >= 0.6 is 0 Å². The molecular formula is C56H33N3. The number of hydrogen-bond acceptors (Lipinski definition) is 2. The van der Waals surface area contributed by atoms with Gasteiger partial charge in [-0.25, -0.2) is 9.97 Å². The number of rotatable bonds is 4. The van der Waals surface area contributed by atoms with Crippen molar-refractivity contribution in [2.24, 2.45) is 0 Å². The second kappa shape index (κ2) is 12.3. The van der Waals surface area contributed by atoms with Crippen molar-refractivity contribution in [3.63, 3.8) is 0 Å². The van der Waals surface area contributed by atoms with Gasteiger partial charge in [0, 0.05) is 33.2 Å². The highest BCUT2D eigenvalue weighted by Crippen LogP contribution is 2.44. The summed E-state index contributed by atoms with van der Waals surface area (Å²) >= 11 is 0. The SMILES string of the molecule is c1ccc(-c2nc(-c3ccc(-n4c5ccccc5c5ccccc54)cc3)cc(-c3cc4ccc5cccc6c7cccc8ccc9cccc(c(c3)c4c56)c9c87)n2)cc1. The lowest BCUT2D eigenvalue weighted by Gasteiger charge is -2.17. The van der Waals surface area contributed by atoms with Crippen LogP contribution in [0, 0.1) is 0 Å². The maximum atomic E-state index is 5.34. The summed E-state index contributed by atoms with van der Waals surface area (Å²) in [6, 6.07) is 72.7. The van der Waals surface area contributed by atoms with Gasteiger partial charge in [-0.2, -0.15) is 0 Å². The Morgan fingerprint density at radius 1 is 0.288 bits per heavy atom. The summed E-state index contributed by atoms with van der Waals surface area (Å²) in [5, 5.41) is 17.6. The molecule has 3 heteroatoms. The number of nitrogens with zero attached hydrogens (tertiary/aromatic N) is 3. The molecule has 0 atom stereocenters. The molecule has 0 aliphatic rings. The molecule has 0 fully saturated rings. The van der Waals surface area contributed by atoms with Crippen LogP contribution in [0.3, 0.4) is 0 Å². The minimum atomic E-state index is 0.703. The van der Waals surface area contributed by atoms with E-state index in [-0.39, 0.29) is 0 Å². The molecule has 11 aromatic carbocycles. The summed E-state index contributed by atoms with van der Waals surface area (Å²) in [5.74, 6) is 0.703. The topological polar surface area (TPSA) is 30.7 Å². The van der Waals surface area contributed by atoms with Crippen molar-refractivity contribution in [3.8, 4) is 39.6 Å². The number of fused-ring (bicyclic) bond motifs is 5. The van der Waals surface area contributed by atoms with Crippen LogP contribution in [0.5, 0.6) is 0 Å². The molecule has 272 valence electrons. The van der Waals surface area contributed by atoms with Gasteiger partial charge >= 0.3 is 0 Å². The molecule has 0 N–H and O–H groups in total. The maximum Gasteiger partial charge on any atom is 0.160 e. The fourth-order valence-corrected chi connectivity index (χ4v) is 9.87. The van der Waals surface area contributed by atoms with E-state index in [1.165, 1.54) is 86.4 Å². The van der Waals surface area contributed by atoms with Crippen molar-refractivity contribution in [1.29, 1.82) is 0 Å². The van der Waals surface area contributed by atoms with Crippen molar-refractivity contribution < 1.29 is 0 Å². The van der Waals surface area contributed by atoms with Crippen LogP contribution in [0.4, 0.5) is 0 Å². The number of hydrogen-bond donors (Lipinski definition) is 0. The van der Waals surface area contributed by atoms with Crippen LogP contribution in [-0.2, 0) is 0 Å². The van der Waals surface area contributed by atoms with Crippen LogP contribution in [-0.4, -0.2) is 14.5 Å². The van der Waals surface area contributed by atoms with Crippen LogP contribution in [0.25, 0.3) is 126 Å². The lowest BCUT2D eigenvalue weighted by Crippen LogP contribution is -1.97. The van der Waals surface area contributed by atoms with E-state index in [1.807, 2.05) is 6.07 Å². The van der Waals surface area contributed by atoms with Gasteiger partial charge in [0.2, 0.25) is 0 Å². The van der Waals surface area contributed by atoms with Crippen LogP contribution in [0.15, 0.2) is 200 Å². The molecule has 0 radical (unpaired) electrons. The van der Waals surface area contributed by atoms with Crippen molar-refractivity contribution >= 4 is 86.4 Å². The van der Waals surface area contributed by atoms with Crippen molar-refractivity contribution in [3.05, 3.63) is 200 Å². The summed E-state index contributed by atoms with van der Waals surface area (Å²) in [5.41, 5.74) is 8.35. The van der Waals surface area contributed by atoms with Gasteiger partial charge in [-0.3, -0.25) is 0 Å². The molecule has 2 heterocycles. The average molecular weight is 748 g/mol. The Kier molecular flexibility index (Phi) is 6.72. The zero-order chi connectivity index (χ0) is 38.6. The molecule has 2 aromatic heterocycles. The summed E-state index contributed by atoms with van der Waals surface area (Å²) in [7, 11) is 0. The molecule has 0 spiro atoms. The number of benzene rings is 10. The van der Waals surface area contributed by atoms with Gasteiger partial charge in [0.05, 0.1) is 22.4 Å². The van der Waals surface area contributed by atoms with Gasteiger partial charge in [-0.05, 0) is 107 Å². The van der Waals surface area contributed by atoms with E-state index in [9.17, 15) is 0 Å². The second-order valence-electron chi connectivity index (χ2n) is 15.7. The van der Waals surface area contributed by atoms with E-state index < -0.39 is 0 Å². The van der Waals surface area contributed by atoms with Gasteiger partial charge in [-0.1, -0.05) is 158 Å². The summed E-state index contributed by atoms with van der Waals surface area (Å²) in [6.07, 6.45) is 0. The predicted molar refractivity (Wildman–Crippen MR) is 249 cm³/mol. The minimum absolute atomic E-state index is 0.703. The van der Waals surface area contributed by atoms with E-state index >= 15 is 0 Å². The van der Waals surface area contributed by atoms with Crippen LogP contribution in [0.1, 0.15) is 0 Å². The highest BCUT2D eigenvalue weighted by molar-refractivity contribution is 6.37. The lowest BCUT2D eigenvalue weighted by molar-refractivity contribution is 1.17. The first-order valence-corrected chi connectivity index (χ1v) is 20.2. The smallest absolute Gasteiger partial charge is 0.160 e. The van der Waals surface area contributed by atoms with Crippen molar-refractivity contribution in [2.45, 2.75) is 0 Å². The first-order chi connectivity index (χ1) is 29.2. The highest BCUT2D eigenvalue weighted by Gasteiger charge is 2.18. The first-order valence-electron chi connectivity index (χ1n) is 20.2. The molecule has 0 saturated heterocycles. The fraction of sp³-hybridized carbons (Fsp3) is 0. The average Bonchev–Trinajstić information content (AvgIpc) is 3.64. The standard InChI is InChI=1S/C56H33N3/c1-2-11-38(12-3-1)56-57-48(34-27-29-41(30-28-34)59-50-21-6-4-16-42(50)43-17-5-7-22-51(43)59)33-49(58-56)40-31-39-26-25-37-14-9-19-45-44-18-8-13-35-23-24-36-15-10-20-46(54(36)52(35)44)47(32-40)55(39)53(37)45/h1-33H. The lowest BCUT2D eigenvalue weighted by atomic mass is 9.87. The fourth-order valence-electron chi connectivity index (χ4n) is 9.87. The zero-order valence-electron chi connectivity index (χ0n) is 31.9. The number of para-hydroxylation sites is 2. The van der Waals surface area contributed by atoms with Gasteiger partial charge < -0.3 is 4.57 Å². The molecule has 0 amide bonds. The van der Waals surface area contributed by atoms with Crippen molar-refractivity contribution in [1.82, 2.24) is 14.5 Å². The molecule has 59 heavy (non-hydrogen) atoms. The summed E-state index contributed by atoms with van der Waals surface area (Å²) in [6.45, 7) is 0. The Balaban J connectivity index is 1.07. The second-order valence-corrected chi connectivity index (χ2v) is 15.7. The largest absolute Gasteiger partial charge is 0.309 e. The molecule has 13 aromatic rings. The molecule has 0 unspecified atom stereocenters. The Hall–Kier alpha value is -7.88. The first kappa shape index (κ1) is 32.2. The van der Waals surface area contributed by atoms with E-state index in [2.05, 4.69) is 199 Å². The molecule has 0 aliphatic carbocycles. The Morgan fingerprint density at radius 3 is 1.36 bits per heavy atom. The quantitative estimate of drug-likeness (QED) is 0.168. The third kappa shape index (κ3) is 4.76. The maximum absolute atomic E-state index is 5.34. The molecule has 0 bridgehead atoms. The molecule has 0 saturated carbocycles. The van der Waals surface area contributed by atoms with Crippen molar-refractivity contribution in [2.75, 3.05) is 0 Å². The monoisotopic (exact) mass is 747 g/mol. The molecule has 3 nitrogen and oxygen atoms in total. The Morgan fingerprint density at radius 2 is 0.763 bits per heavy atom. The van der Waals surface area contributed by atoms with E-state index in [0.717, 1.165) is 33.8 Å². The van der Waals surface area contributed by atoms with E-state index in [1.54, 1.807) is 0 Å². The molecular weight excluding hydrogens is 715 g/mol. The minimum Gasteiger partial charge on any atom is -0.309 e. The third-order valence-corrected chi connectivity index (χ3v) is 12.5. The van der Waals surface area contributed by atoms with Gasteiger partial charge in [-0.15, -0.1) is 0 Å². The summed E-state index contributed by atoms with van der Waals surface area (Å²) < 4.78 is 2.36. The number of aromatic nitrogens is 3. The zero-order valence-corrected chi connectivity index (χ0v) is 31.9. The van der Waals surface area contributed by atoms with Gasteiger partial charge in [0.15, 0.2) is 5.82 Å². The third-order valence-electron chi connectivity index (χ3n) is 12.5. The van der Waals surface area contributed by atoms with Gasteiger partial charge in [0.1, 0.15) is 0 Å². The van der Waals surface area contributed by atoms with Crippen LogP contribution in [0.2, 0.25) is 0 Å². The molecule has 13 rings (SSSR count). The predicted octanol–water partition coefficient (Wildman–Crippen LogP) is 14.9. The Labute approximate surface area is 339 Å². The Bertz CT molecular complexity index is 3760. The van der Waals surface area contributed by atoms with E-state index in [4.69, 9.17) is 9.97 Å². The summed E-state index contributed by atoms with van der Waals surface area (Å²) in [4.78, 5) is 10.6. The highest BCUT2D eigenvalue weighted by atomic mass is 15.0. The van der Waals surface area contributed by atoms with Gasteiger partial charge in [0.25, 0.3) is 0 Å².